The number of ketones is 1. The minimum atomic E-state index is -1.62. The van der Waals surface area contributed by atoms with Crippen LogP contribution in [0.2, 0.25) is 0 Å². The van der Waals surface area contributed by atoms with Gasteiger partial charge in [0.2, 0.25) is 5.78 Å². The van der Waals surface area contributed by atoms with Crippen LogP contribution in [0.3, 0.4) is 0 Å². The quantitative estimate of drug-likeness (QED) is 0.517. The van der Waals surface area contributed by atoms with Crippen molar-refractivity contribution in [1.82, 2.24) is 0 Å². The molecule has 2 aromatic rings. The molecule has 0 aliphatic heterocycles. The summed E-state index contributed by atoms with van der Waals surface area (Å²) >= 11 is 0. The van der Waals surface area contributed by atoms with E-state index in [9.17, 15) is 19.7 Å². The molecule has 0 saturated carbocycles. The third-order valence-electron chi connectivity index (χ3n) is 3.00. The molecular formula is C15H11NO5. The highest BCUT2D eigenvalue weighted by molar-refractivity contribution is 6.07. The lowest BCUT2D eigenvalue weighted by Crippen LogP contribution is -2.23. The first-order valence-corrected chi connectivity index (χ1v) is 6.07. The molecule has 2 aromatic carbocycles. The van der Waals surface area contributed by atoms with Gasteiger partial charge in [-0.2, -0.15) is 0 Å². The third-order valence-corrected chi connectivity index (χ3v) is 3.00. The third kappa shape index (κ3) is 2.94. The minimum absolute atomic E-state index is 0.171. The van der Waals surface area contributed by atoms with Crippen LogP contribution in [-0.4, -0.2) is 21.8 Å². The molecule has 6 nitrogen and oxygen atoms in total. The summed E-state index contributed by atoms with van der Waals surface area (Å²) in [6.45, 7) is 0. The number of carbonyl (C=O) groups excluding carboxylic acids is 1. The van der Waals surface area contributed by atoms with Crippen LogP contribution in [0, 0.1) is 10.1 Å². The van der Waals surface area contributed by atoms with Crippen molar-refractivity contribution in [3.05, 3.63) is 81.4 Å². The molecule has 0 bridgehead atoms. The van der Waals surface area contributed by atoms with Gasteiger partial charge >= 0.3 is 5.97 Å². The lowest BCUT2D eigenvalue weighted by Gasteiger charge is -2.10. The molecule has 1 atom stereocenters. The Hall–Kier alpha value is -3.02. The normalized spacial score (nSPS) is 11.6. The number of hydrogen-bond acceptors (Lipinski definition) is 4. The highest BCUT2D eigenvalue weighted by Gasteiger charge is 2.34. The zero-order valence-corrected chi connectivity index (χ0v) is 10.8. The molecule has 0 aliphatic rings. The first-order chi connectivity index (χ1) is 10.0. The summed E-state index contributed by atoms with van der Waals surface area (Å²) in [4.78, 5) is 34.1. The Kier molecular flexibility index (Phi) is 4.08. The van der Waals surface area contributed by atoms with Gasteiger partial charge < -0.3 is 5.11 Å². The summed E-state index contributed by atoms with van der Waals surface area (Å²) in [5.41, 5.74) is -0.200. The van der Waals surface area contributed by atoms with E-state index in [1.165, 1.54) is 36.4 Å². The molecule has 0 radical (unpaired) electrons. The van der Waals surface area contributed by atoms with Gasteiger partial charge in [0.25, 0.3) is 6.04 Å². The van der Waals surface area contributed by atoms with Gasteiger partial charge in [-0.3, -0.25) is 14.9 Å². The van der Waals surface area contributed by atoms with E-state index < -0.39 is 22.7 Å². The number of carboxylic acid groups (broad SMARTS) is 1. The zero-order valence-electron chi connectivity index (χ0n) is 10.8. The standard InChI is InChI=1S/C15H11NO5/c17-14(11-8-4-5-9-12(11)15(18)19)13(16(20)21)10-6-2-1-3-7-10/h1-9,13H,(H,18,19)/t13-/m1/s1. The molecule has 21 heavy (non-hydrogen) atoms. The van der Waals surface area contributed by atoms with E-state index in [-0.39, 0.29) is 16.7 Å². The van der Waals surface area contributed by atoms with Gasteiger partial charge in [-0.05, 0) is 6.07 Å². The van der Waals surface area contributed by atoms with Crippen molar-refractivity contribution in [3.63, 3.8) is 0 Å². The van der Waals surface area contributed by atoms with Gasteiger partial charge in [0.05, 0.1) is 5.56 Å². The van der Waals surface area contributed by atoms with E-state index in [1.54, 1.807) is 18.2 Å². The Morgan fingerprint density at radius 3 is 2.00 bits per heavy atom. The maximum atomic E-state index is 12.4. The fourth-order valence-electron chi connectivity index (χ4n) is 2.04. The van der Waals surface area contributed by atoms with Crippen LogP contribution in [0.25, 0.3) is 0 Å². The summed E-state index contributed by atoms with van der Waals surface area (Å²) < 4.78 is 0. The largest absolute Gasteiger partial charge is 0.478 e. The minimum Gasteiger partial charge on any atom is -0.478 e. The van der Waals surface area contributed by atoms with E-state index >= 15 is 0 Å². The first-order valence-electron chi connectivity index (χ1n) is 6.07. The van der Waals surface area contributed by atoms with Crippen LogP contribution in [0.1, 0.15) is 32.3 Å². The summed E-state index contributed by atoms with van der Waals surface area (Å²) in [5.74, 6) is -2.14. The number of Topliss-reactive ketones (excluding diaryl/α,β-unsaturated/α-hetero) is 1. The summed E-state index contributed by atoms with van der Waals surface area (Å²) in [6, 6.07) is 11.6. The Morgan fingerprint density at radius 1 is 0.952 bits per heavy atom. The molecule has 0 aromatic heterocycles. The number of rotatable bonds is 5. The number of hydrogen-bond donors (Lipinski definition) is 1. The molecule has 0 amide bonds. The van der Waals surface area contributed by atoms with Crippen molar-refractivity contribution in [2.45, 2.75) is 6.04 Å². The fourth-order valence-corrected chi connectivity index (χ4v) is 2.04. The monoisotopic (exact) mass is 285 g/mol. The molecule has 0 fully saturated rings. The second-order valence-electron chi connectivity index (χ2n) is 4.31. The predicted octanol–water partition coefficient (Wildman–Crippen LogP) is 2.59. The number of benzene rings is 2. The zero-order chi connectivity index (χ0) is 15.4. The molecule has 2 rings (SSSR count). The lowest BCUT2D eigenvalue weighted by molar-refractivity contribution is -0.511. The highest BCUT2D eigenvalue weighted by Crippen LogP contribution is 2.23. The number of aromatic carboxylic acids is 1. The Balaban J connectivity index is 2.51. The lowest BCUT2D eigenvalue weighted by atomic mass is 9.94. The number of nitrogens with zero attached hydrogens (tertiary/aromatic N) is 1. The molecular weight excluding hydrogens is 274 g/mol. The molecule has 0 heterocycles. The van der Waals surface area contributed by atoms with Crippen LogP contribution < -0.4 is 0 Å². The SMILES string of the molecule is O=C(O)c1ccccc1C(=O)[C@@H](c1ccccc1)[N+](=O)[O-]. The van der Waals surface area contributed by atoms with Crippen molar-refractivity contribution in [3.8, 4) is 0 Å². The van der Waals surface area contributed by atoms with E-state index in [0.29, 0.717) is 0 Å². The topological polar surface area (TPSA) is 97.5 Å². The molecule has 1 N–H and O–H groups in total. The van der Waals surface area contributed by atoms with Crippen LogP contribution >= 0.6 is 0 Å². The smallest absolute Gasteiger partial charge is 0.336 e. The second kappa shape index (κ2) is 5.96. The average molecular weight is 285 g/mol. The van der Waals surface area contributed by atoms with Crippen LogP contribution in [-0.2, 0) is 0 Å². The maximum absolute atomic E-state index is 12.4. The van der Waals surface area contributed by atoms with Gasteiger partial charge in [-0.25, -0.2) is 4.79 Å². The van der Waals surface area contributed by atoms with E-state index in [4.69, 9.17) is 5.11 Å². The van der Waals surface area contributed by atoms with Gasteiger partial charge in [-0.15, -0.1) is 0 Å². The Bertz CT molecular complexity index is 696. The van der Waals surface area contributed by atoms with Crippen molar-refractivity contribution in [1.29, 1.82) is 0 Å². The van der Waals surface area contributed by atoms with E-state index in [1.807, 2.05) is 0 Å². The van der Waals surface area contributed by atoms with Crippen molar-refractivity contribution >= 4 is 11.8 Å². The summed E-state index contributed by atoms with van der Waals surface area (Å²) in [5, 5.41) is 20.3. The van der Waals surface area contributed by atoms with Crippen molar-refractivity contribution in [2.75, 3.05) is 0 Å². The molecule has 0 aliphatic carbocycles. The molecule has 0 saturated heterocycles. The molecule has 106 valence electrons. The van der Waals surface area contributed by atoms with Crippen molar-refractivity contribution < 1.29 is 19.6 Å². The van der Waals surface area contributed by atoms with Crippen LogP contribution in [0.15, 0.2) is 54.6 Å². The highest BCUT2D eigenvalue weighted by atomic mass is 16.6. The number of carbonyl (C=O) groups is 2. The second-order valence-corrected chi connectivity index (χ2v) is 4.31. The van der Waals surface area contributed by atoms with Crippen LogP contribution in [0.5, 0.6) is 0 Å². The van der Waals surface area contributed by atoms with Gasteiger partial charge in [0.1, 0.15) is 0 Å². The molecule has 0 unspecified atom stereocenters. The number of carboxylic acids is 1. The van der Waals surface area contributed by atoms with Crippen LogP contribution in [0.4, 0.5) is 0 Å². The van der Waals surface area contributed by atoms with Gasteiger partial charge in [0.15, 0.2) is 0 Å². The summed E-state index contributed by atoms with van der Waals surface area (Å²) in [6.07, 6.45) is 0. The molecule has 6 heteroatoms. The first kappa shape index (κ1) is 14.4. The van der Waals surface area contributed by atoms with E-state index in [2.05, 4.69) is 0 Å². The van der Waals surface area contributed by atoms with E-state index in [0.717, 1.165) is 0 Å². The predicted molar refractivity (Wildman–Crippen MR) is 73.9 cm³/mol. The Morgan fingerprint density at radius 2 is 1.48 bits per heavy atom. The van der Waals surface area contributed by atoms with Gasteiger partial charge in [0, 0.05) is 16.1 Å². The average Bonchev–Trinajstić information content (AvgIpc) is 2.48. The van der Waals surface area contributed by atoms with Gasteiger partial charge in [-0.1, -0.05) is 48.5 Å². The fraction of sp³-hybridized carbons (Fsp3) is 0.0667. The number of nitro groups is 1. The van der Waals surface area contributed by atoms with Crippen molar-refractivity contribution in [2.24, 2.45) is 0 Å². The Labute approximate surface area is 119 Å². The maximum Gasteiger partial charge on any atom is 0.336 e. The molecule has 0 spiro atoms. The summed E-state index contributed by atoms with van der Waals surface area (Å²) in [7, 11) is 0.